The fourth-order valence-electron chi connectivity index (χ4n) is 4.13. The molecule has 1 aliphatic rings. The van der Waals surface area contributed by atoms with Gasteiger partial charge in [0.25, 0.3) is 0 Å². The highest BCUT2D eigenvalue weighted by Gasteiger charge is 2.50. The van der Waals surface area contributed by atoms with Gasteiger partial charge in [-0.25, -0.2) is 0 Å². The van der Waals surface area contributed by atoms with Gasteiger partial charge in [0.05, 0.1) is 5.92 Å². The molecule has 2 atom stereocenters. The number of H-pyrrole nitrogens is 1. The lowest BCUT2D eigenvalue weighted by Crippen LogP contribution is -2.57. The summed E-state index contributed by atoms with van der Waals surface area (Å²) in [5.74, 6) is -2.56. The normalized spacial score (nSPS) is 18.8. The lowest BCUT2D eigenvalue weighted by Gasteiger charge is -2.38. The van der Waals surface area contributed by atoms with E-state index in [0.29, 0.717) is 19.0 Å². The Morgan fingerprint density at radius 1 is 1.25 bits per heavy atom. The molecule has 7 nitrogen and oxygen atoms in total. The maximum atomic E-state index is 13.5. The van der Waals surface area contributed by atoms with E-state index in [1.807, 2.05) is 30.5 Å². The molecule has 5 N–H and O–H groups in total. The van der Waals surface area contributed by atoms with Crippen molar-refractivity contribution < 1.29 is 14.4 Å². The number of carbonyl (C=O) groups is 3. The van der Waals surface area contributed by atoms with E-state index >= 15 is 0 Å². The molecule has 0 saturated carbocycles. The van der Waals surface area contributed by atoms with Gasteiger partial charge < -0.3 is 21.4 Å². The molecule has 3 rings (SSSR count). The number of carbonyl (C=O) groups excluding carboxylic acids is 3. The Bertz CT molecular complexity index is 890. The lowest BCUT2D eigenvalue weighted by atomic mass is 9.71. The number of aromatic amines is 1. The summed E-state index contributed by atoms with van der Waals surface area (Å²) in [6, 6.07) is 7.70. The Balaban J connectivity index is 2.02. The molecule has 1 aliphatic heterocycles. The molecule has 0 spiro atoms. The van der Waals surface area contributed by atoms with Gasteiger partial charge in [0.1, 0.15) is 5.41 Å². The number of aromatic nitrogens is 1. The lowest BCUT2D eigenvalue weighted by molar-refractivity contribution is -0.153. The molecule has 28 heavy (non-hydrogen) atoms. The van der Waals surface area contributed by atoms with Crippen LogP contribution in [0, 0.1) is 17.3 Å². The molecule has 1 fully saturated rings. The number of primary amides is 2. The first-order chi connectivity index (χ1) is 13.2. The van der Waals surface area contributed by atoms with E-state index in [9.17, 15) is 14.4 Å². The summed E-state index contributed by atoms with van der Waals surface area (Å²) in [7, 11) is 0. The second-order valence-corrected chi connectivity index (χ2v) is 8.08. The third-order valence-corrected chi connectivity index (χ3v) is 6.09. The number of piperidine rings is 1. The van der Waals surface area contributed by atoms with Gasteiger partial charge in [0.2, 0.25) is 17.7 Å². The van der Waals surface area contributed by atoms with Crippen LogP contribution >= 0.6 is 0 Å². The standard InChI is InChI=1S/C21H28N4O3/c1-13-6-5-9-25(12-13)18(26)16(21(2,19(22)27)20(23)28)10-14-11-24-17-8-4-3-7-15(14)17/h3-4,7-8,11,13,16,24H,5-6,9-10,12H2,1-2H3,(H2,22,27)(H2,23,28). The van der Waals surface area contributed by atoms with E-state index in [1.54, 1.807) is 4.90 Å². The van der Waals surface area contributed by atoms with Crippen molar-refractivity contribution in [2.75, 3.05) is 13.1 Å². The van der Waals surface area contributed by atoms with E-state index in [1.165, 1.54) is 6.92 Å². The van der Waals surface area contributed by atoms with E-state index in [-0.39, 0.29) is 12.3 Å². The summed E-state index contributed by atoms with van der Waals surface area (Å²) in [4.78, 5) is 43.0. The molecule has 0 aliphatic carbocycles. The SMILES string of the molecule is CC1CCCN(C(=O)C(Cc2c[nH]c3ccccc23)C(C)(C(N)=O)C(N)=O)C1. The predicted octanol–water partition coefficient (Wildman–Crippen LogP) is 1.56. The molecule has 2 heterocycles. The largest absolute Gasteiger partial charge is 0.369 e. The summed E-state index contributed by atoms with van der Waals surface area (Å²) in [6.45, 7) is 4.70. The van der Waals surface area contributed by atoms with Crippen LogP contribution in [0.5, 0.6) is 0 Å². The van der Waals surface area contributed by atoms with Crippen LogP contribution in [0.3, 0.4) is 0 Å². The van der Waals surface area contributed by atoms with Crippen LogP contribution in [-0.2, 0) is 20.8 Å². The van der Waals surface area contributed by atoms with Crippen molar-refractivity contribution in [3.8, 4) is 0 Å². The van der Waals surface area contributed by atoms with E-state index in [0.717, 1.165) is 29.3 Å². The van der Waals surface area contributed by atoms with E-state index in [4.69, 9.17) is 11.5 Å². The number of likely N-dealkylation sites (tertiary alicyclic amines) is 1. The first kappa shape index (κ1) is 19.9. The molecule has 1 aromatic carbocycles. The Morgan fingerprint density at radius 2 is 1.93 bits per heavy atom. The zero-order chi connectivity index (χ0) is 20.5. The minimum atomic E-state index is -1.77. The summed E-state index contributed by atoms with van der Waals surface area (Å²) < 4.78 is 0. The number of nitrogens with one attached hydrogen (secondary N) is 1. The number of benzene rings is 1. The Labute approximate surface area is 164 Å². The van der Waals surface area contributed by atoms with E-state index < -0.39 is 23.1 Å². The molecular formula is C21H28N4O3. The van der Waals surface area contributed by atoms with Gasteiger partial charge in [-0.1, -0.05) is 25.1 Å². The molecule has 2 aromatic rings. The van der Waals surface area contributed by atoms with Crippen molar-refractivity contribution in [3.05, 3.63) is 36.0 Å². The molecule has 1 aromatic heterocycles. The number of rotatable bonds is 6. The monoisotopic (exact) mass is 384 g/mol. The molecule has 0 radical (unpaired) electrons. The molecule has 0 bridgehead atoms. The maximum absolute atomic E-state index is 13.5. The van der Waals surface area contributed by atoms with Crippen LogP contribution in [-0.4, -0.2) is 40.7 Å². The zero-order valence-corrected chi connectivity index (χ0v) is 16.4. The van der Waals surface area contributed by atoms with Crippen molar-refractivity contribution in [1.82, 2.24) is 9.88 Å². The van der Waals surface area contributed by atoms with Crippen molar-refractivity contribution in [3.63, 3.8) is 0 Å². The third kappa shape index (κ3) is 3.48. The van der Waals surface area contributed by atoms with Crippen LogP contribution in [0.15, 0.2) is 30.5 Å². The third-order valence-electron chi connectivity index (χ3n) is 6.09. The van der Waals surface area contributed by atoms with Gasteiger partial charge in [-0.3, -0.25) is 14.4 Å². The number of para-hydroxylation sites is 1. The highest BCUT2D eigenvalue weighted by Crippen LogP contribution is 2.34. The summed E-state index contributed by atoms with van der Waals surface area (Å²) in [5, 5.41) is 0.948. The maximum Gasteiger partial charge on any atom is 0.233 e. The topological polar surface area (TPSA) is 122 Å². The van der Waals surface area contributed by atoms with Gasteiger partial charge in [-0.2, -0.15) is 0 Å². The average molecular weight is 384 g/mol. The Morgan fingerprint density at radius 3 is 2.57 bits per heavy atom. The predicted molar refractivity (Wildman–Crippen MR) is 107 cm³/mol. The summed E-state index contributed by atoms with van der Waals surface area (Å²) in [5.41, 5.74) is 11.2. The summed E-state index contributed by atoms with van der Waals surface area (Å²) in [6.07, 6.45) is 3.97. The van der Waals surface area contributed by atoms with Gasteiger partial charge in [-0.15, -0.1) is 0 Å². The number of amides is 3. The van der Waals surface area contributed by atoms with Crippen molar-refractivity contribution in [2.24, 2.45) is 28.7 Å². The van der Waals surface area contributed by atoms with Crippen LogP contribution < -0.4 is 11.5 Å². The van der Waals surface area contributed by atoms with Crippen molar-refractivity contribution in [1.29, 1.82) is 0 Å². The number of fused-ring (bicyclic) bond motifs is 1. The first-order valence-electron chi connectivity index (χ1n) is 9.68. The van der Waals surface area contributed by atoms with E-state index in [2.05, 4.69) is 11.9 Å². The number of nitrogens with zero attached hydrogens (tertiary/aromatic N) is 1. The summed E-state index contributed by atoms with van der Waals surface area (Å²) >= 11 is 0. The van der Waals surface area contributed by atoms with Crippen LogP contribution in [0.1, 0.15) is 32.3 Å². The molecule has 150 valence electrons. The van der Waals surface area contributed by atoms with Crippen LogP contribution in [0.4, 0.5) is 0 Å². The minimum Gasteiger partial charge on any atom is -0.369 e. The van der Waals surface area contributed by atoms with Gasteiger partial charge in [0.15, 0.2) is 0 Å². The smallest absolute Gasteiger partial charge is 0.233 e. The number of hydrogen-bond acceptors (Lipinski definition) is 3. The molecule has 3 amide bonds. The second-order valence-electron chi connectivity index (χ2n) is 8.08. The average Bonchev–Trinajstić information content (AvgIpc) is 3.07. The highest BCUT2D eigenvalue weighted by atomic mass is 16.2. The second kappa shape index (κ2) is 7.66. The number of hydrogen-bond donors (Lipinski definition) is 3. The molecular weight excluding hydrogens is 356 g/mol. The highest BCUT2D eigenvalue weighted by molar-refractivity contribution is 6.07. The quantitative estimate of drug-likeness (QED) is 0.655. The van der Waals surface area contributed by atoms with Gasteiger partial charge >= 0.3 is 0 Å². The van der Waals surface area contributed by atoms with Crippen molar-refractivity contribution >= 4 is 28.6 Å². The Hall–Kier alpha value is -2.83. The molecule has 1 saturated heterocycles. The number of nitrogens with two attached hydrogens (primary N) is 2. The minimum absolute atomic E-state index is 0.204. The zero-order valence-electron chi connectivity index (χ0n) is 16.4. The van der Waals surface area contributed by atoms with Crippen LogP contribution in [0.2, 0.25) is 0 Å². The first-order valence-corrected chi connectivity index (χ1v) is 9.68. The fraction of sp³-hybridized carbons (Fsp3) is 0.476. The van der Waals surface area contributed by atoms with Crippen molar-refractivity contribution in [2.45, 2.75) is 33.1 Å². The van der Waals surface area contributed by atoms with Gasteiger partial charge in [-0.05, 0) is 43.7 Å². The molecule has 2 unspecified atom stereocenters. The van der Waals surface area contributed by atoms with Gasteiger partial charge in [0, 0.05) is 30.2 Å². The molecule has 7 heteroatoms. The van der Waals surface area contributed by atoms with Crippen LogP contribution in [0.25, 0.3) is 10.9 Å². The Kier molecular flexibility index (Phi) is 5.45. The fourth-order valence-corrected chi connectivity index (χ4v) is 4.13.